The summed E-state index contributed by atoms with van der Waals surface area (Å²) in [6.45, 7) is 6.21. The van der Waals surface area contributed by atoms with Crippen molar-refractivity contribution in [2.75, 3.05) is 20.2 Å². The fraction of sp³-hybridized carbons (Fsp3) is 0.391. The molecule has 1 aliphatic heterocycles. The summed E-state index contributed by atoms with van der Waals surface area (Å²) in [5, 5.41) is 2.31. The van der Waals surface area contributed by atoms with E-state index in [1.54, 1.807) is 4.90 Å². The van der Waals surface area contributed by atoms with Crippen LogP contribution in [-0.4, -0.2) is 42.8 Å². The highest BCUT2D eigenvalue weighted by Gasteiger charge is 2.40. The zero-order valence-corrected chi connectivity index (χ0v) is 16.8. The number of likely N-dealkylation sites (tertiary alicyclic amines) is 1. The summed E-state index contributed by atoms with van der Waals surface area (Å²) in [6, 6.07) is 14.3. The number of carbonyl (C=O) groups is 2. The van der Waals surface area contributed by atoms with Gasteiger partial charge in [-0.15, -0.1) is 0 Å². The predicted molar refractivity (Wildman–Crippen MR) is 110 cm³/mol. The van der Waals surface area contributed by atoms with E-state index >= 15 is 0 Å². The minimum Gasteiger partial charge on any atom is -0.469 e. The highest BCUT2D eigenvalue weighted by atomic mass is 16.6. The van der Waals surface area contributed by atoms with Gasteiger partial charge in [0.05, 0.1) is 13.0 Å². The molecule has 2 aromatic carbocycles. The molecule has 0 N–H and O–H groups in total. The van der Waals surface area contributed by atoms with E-state index in [0.29, 0.717) is 13.1 Å². The molecular weight excluding hydrogens is 354 g/mol. The standard InChI is InChI=1S/C23H27NO4/c1-23(2,3)28-22(26)24-14-18(20(15-24)21(25)27-4)13-12-17-10-7-9-16-8-5-6-11-19(16)17/h5-13,18,20H,14-15H2,1-4H3/b13-12-/t18-,20-/m0/s1. The van der Waals surface area contributed by atoms with Crippen molar-refractivity contribution in [2.24, 2.45) is 11.8 Å². The SMILES string of the molecule is COC(=O)[C@H]1CN(C(=O)OC(C)(C)C)C[C@@H]1/C=C\c1cccc2ccccc12. The first-order valence-corrected chi connectivity index (χ1v) is 9.50. The second-order valence-electron chi connectivity index (χ2n) is 8.11. The maximum Gasteiger partial charge on any atom is 0.410 e. The van der Waals surface area contributed by atoms with Gasteiger partial charge in [-0.05, 0) is 37.1 Å². The van der Waals surface area contributed by atoms with Gasteiger partial charge in [-0.2, -0.15) is 0 Å². The van der Waals surface area contributed by atoms with Gasteiger partial charge < -0.3 is 14.4 Å². The summed E-state index contributed by atoms with van der Waals surface area (Å²) in [5.74, 6) is -0.832. The van der Waals surface area contributed by atoms with Gasteiger partial charge >= 0.3 is 12.1 Å². The lowest BCUT2D eigenvalue weighted by molar-refractivity contribution is -0.145. The van der Waals surface area contributed by atoms with Gasteiger partial charge in [0.2, 0.25) is 0 Å². The van der Waals surface area contributed by atoms with E-state index < -0.39 is 17.6 Å². The van der Waals surface area contributed by atoms with Gasteiger partial charge in [-0.1, -0.05) is 54.6 Å². The number of nitrogens with zero attached hydrogens (tertiary/aromatic N) is 1. The molecule has 148 valence electrons. The Morgan fingerprint density at radius 2 is 1.79 bits per heavy atom. The van der Waals surface area contributed by atoms with E-state index in [0.717, 1.165) is 16.3 Å². The summed E-state index contributed by atoms with van der Waals surface area (Å²) in [7, 11) is 1.38. The molecule has 0 aromatic heterocycles. The van der Waals surface area contributed by atoms with E-state index in [9.17, 15) is 9.59 Å². The quantitative estimate of drug-likeness (QED) is 0.734. The Bertz CT molecular complexity index is 892. The van der Waals surface area contributed by atoms with Crippen molar-refractivity contribution in [1.82, 2.24) is 4.90 Å². The molecule has 1 aliphatic rings. The van der Waals surface area contributed by atoms with Gasteiger partial charge in [0.15, 0.2) is 0 Å². The van der Waals surface area contributed by atoms with Crippen molar-refractivity contribution in [2.45, 2.75) is 26.4 Å². The second kappa shape index (κ2) is 8.05. The van der Waals surface area contributed by atoms with E-state index in [2.05, 4.69) is 18.2 Å². The van der Waals surface area contributed by atoms with E-state index in [1.165, 1.54) is 7.11 Å². The smallest absolute Gasteiger partial charge is 0.410 e. The molecule has 1 amide bonds. The Kier molecular flexibility index (Phi) is 5.73. The topological polar surface area (TPSA) is 55.8 Å². The van der Waals surface area contributed by atoms with Crippen LogP contribution in [0.25, 0.3) is 16.8 Å². The molecule has 1 heterocycles. The molecule has 1 saturated heterocycles. The van der Waals surface area contributed by atoms with Crippen LogP contribution in [0.2, 0.25) is 0 Å². The molecule has 28 heavy (non-hydrogen) atoms. The minimum absolute atomic E-state index is 0.126. The first kappa shape index (κ1) is 19.9. The number of benzene rings is 2. The van der Waals surface area contributed by atoms with Crippen LogP contribution in [0.4, 0.5) is 4.79 Å². The Morgan fingerprint density at radius 3 is 2.50 bits per heavy atom. The third-order valence-electron chi connectivity index (χ3n) is 4.87. The van der Waals surface area contributed by atoms with E-state index in [4.69, 9.17) is 9.47 Å². The van der Waals surface area contributed by atoms with Crippen LogP contribution in [-0.2, 0) is 14.3 Å². The molecule has 0 saturated carbocycles. The summed E-state index contributed by atoms with van der Waals surface area (Å²) in [6.07, 6.45) is 3.64. The first-order chi connectivity index (χ1) is 13.3. The summed E-state index contributed by atoms with van der Waals surface area (Å²) in [4.78, 5) is 26.3. The van der Waals surface area contributed by atoms with E-state index in [1.807, 2.05) is 57.2 Å². The third kappa shape index (κ3) is 4.53. The number of hydrogen-bond acceptors (Lipinski definition) is 4. The van der Waals surface area contributed by atoms with Crippen LogP contribution in [0.1, 0.15) is 26.3 Å². The molecule has 2 aromatic rings. The van der Waals surface area contributed by atoms with Crippen LogP contribution in [0.5, 0.6) is 0 Å². The largest absolute Gasteiger partial charge is 0.469 e. The molecule has 0 aliphatic carbocycles. The highest BCUT2D eigenvalue weighted by molar-refractivity contribution is 5.90. The normalized spacial score (nSPS) is 19.9. The van der Waals surface area contributed by atoms with Crippen molar-refractivity contribution in [3.05, 3.63) is 54.1 Å². The monoisotopic (exact) mass is 381 g/mol. The molecule has 1 fully saturated rings. The molecule has 5 heteroatoms. The summed E-state index contributed by atoms with van der Waals surface area (Å²) < 4.78 is 10.4. The average Bonchev–Trinajstić information content (AvgIpc) is 3.09. The zero-order chi connectivity index (χ0) is 20.3. The number of rotatable bonds is 3. The van der Waals surface area contributed by atoms with Crippen molar-refractivity contribution in [1.29, 1.82) is 0 Å². The van der Waals surface area contributed by atoms with Crippen molar-refractivity contribution in [3.8, 4) is 0 Å². The minimum atomic E-state index is -0.575. The highest BCUT2D eigenvalue weighted by Crippen LogP contribution is 2.29. The molecule has 3 rings (SSSR count). The predicted octanol–water partition coefficient (Wildman–Crippen LogP) is 4.51. The van der Waals surface area contributed by atoms with Gasteiger partial charge in [-0.3, -0.25) is 4.79 Å². The maximum atomic E-state index is 12.4. The lowest BCUT2D eigenvalue weighted by Gasteiger charge is -2.24. The number of fused-ring (bicyclic) bond motifs is 1. The van der Waals surface area contributed by atoms with Crippen LogP contribution in [0, 0.1) is 11.8 Å². The van der Waals surface area contributed by atoms with Crippen molar-refractivity contribution >= 4 is 28.9 Å². The molecule has 0 spiro atoms. The molecule has 2 atom stereocenters. The summed E-state index contributed by atoms with van der Waals surface area (Å²) >= 11 is 0. The number of amides is 1. The van der Waals surface area contributed by atoms with Crippen molar-refractivity contribution < 1.29 is 19.1 Å². The Morgan fingerprint density at radius 1 is 1.07 bits per heavy atom. The Hall–Kier alpha value is -2.82. The second-order valence-corrected chi connectivity index (χ2v) is 8.11. The van der Waals surface area contributed by atoms with Gasteiger partial charge in [0.1, 0.15) is 5.60 Å². The molecule has 0 bridgehead atoms. The number of methoxy groups -OCH3 is 1. The van der Waals surface area contributed by atoms with Gasteiger partial charge in [0, 0.05) is 19.0 Å². The number of hydrogen-bond donors (Lipinski definition) is 0. The fourth-order valence-corrected chi connectivity index (χ4v) is 3.52. The van der Waals surface area contributed by atoms with Crippen molar-refractivity contribution in [3.63, 3.8) is 0 Å². The van der Waals surface area contributed by atoms with E-state index in [-0.39, 0.29) is 11.9 Å². The van der Waals surface area contributed by atoms with Crippen LogP contribution >= 0.6 is 0 Å². The molecular formula is C23H27NO4. The van der Waals surface area contributed by atoms with Gasteiger partial charge in [-0.25, -0.2) is 4.79 Å². The third-order valence-corrected chi connectivity index (χ3v) is 4.87. The molecule has 0 radical (unpaired) electrons. The number of esters is 1. The lowest BCUT2D eigenvalue weighted by atomic mass is 9.94. The van der Waals surface area contributed by atoms with Crippen LogP contribution in [0.3, 0.4) is 0 Å². The fourth-order valence-electron chi connectivity index (χ4n) is 3.52. The Balaban J connectivity index is 1.82. The first-order valence-electron chi connectivity index (χ1n) is 9.50. The lowest BCUT2D eigenvalue weighted by Crippen LogP contribution is -2.36. The summed E-state index contributed by atoms with van der Waals surface area (Å²) in [5.41, 5.74) is 0.506. The number of ether oxygens (including phenoxy) is 2. The zero-order valence-electron chi connectivity index (χ0n) is 16.8. The average molecular weight is 381 g/mol. The number of carbonyl (C=O) groups excluding carboxylic acids is 2. The molecule has 5 nitrogen and oxygen atoms in total. The molecule has 0 unspecified atom stereocenters. The van der Waals surface area contributed by atoms with Crippen LogP contribution in [0.15, 0.2) is 48.5 Å². The van der Waals surface area contributed by atoms with Gasteiger partial charge in [0.25, 0.3) is 0 Å². The van der Waals surface area contributed by atoms with Crippen LogP contribution < -0.4 is 0 Å². The Labute approximate surface area is 165 Å². The maximum absolute atomic E-state index is 12.4.